The van der Waals surface area contributed by atoms with Crippen LogP contribution in [0.2, 0.25) is 5.02 Å². The third kappa shape index (κ3) is 3.83. The van der Waals surface area contributed by atoms with Crippen LogP contribution in [-0.4, -0.2) is 55.1 Å². The van der Waals surface area contributed by atoms with Crippen molar-refractivity contribution in [2.75, 3.05) is 54.4 Å². The van der Waals surface area contributed by atoms with Crippen molar-refractivity contribution in [3.63, 3.8) is 0 Å². The van der Waals surface area contributed by atoms with Gasteiger partial charge in [0.1, 0.15) is 11.7 Å². The van der Waals surface area contributed by atoms with Gasteiger partial charge in [0.15, 0.2) is 0 Å². The van der Waals surface area contributed by atoms with E-state index in [9.17, 15) is 0 Å². The van der Waals surface area contributed by atoms with Crippen LogP contribution in [0.1, 0.15) is 11.1 Å². The maximum atomic E-state index is 6.49. The Balaban J connectivity index is 1.28. The summed E-state index contributed by atoms with van der Waals surface area (Å²) in [6.07, 6.45) is 3.95. The van der Waals surface area contributed by atoms with Crippen molar-refractivity contribution in [2.45, 2.75) is 0 Å². The Hall–Kier alpha value is -3.42. The summed E-state index contributed by atoms with van der Waals surface area (Å²) in [6.45, 7) is 5.64. The highest BCUT2D eigenvalue weighted by Gasteiger charge is 2.31. The van der Waals surface area contributed by atoms with E-state index in [1.54, 1.807) is 0 Å². The fourth-order valence-electron chi connectivity index (χ4n) is 4.55. The Labute approximate surface area is 197 Å². The Morgan fingerprint density at radius 1 is 0.970 bits per heavy atom. The summed E-state index contributed by atoms with van der Waals surface area (Å²) in [5.74, 6) is 2.36. The molecule has 8 heteroatoms. The van der Waals surface area contributed by atoms with Gasteiger partial charge in [0, 0.05) is 72.0 Å². The second-order valence-electron chi connectivity index (χ2n) is 8.28. The lowest BCUT2D eigenvalue weighted by atomic mass is 9.98. The minimum absolute atomic E-state index is 0.574. The summed E-state index contributed by atoms with van der Waals surface area (Å²) in [7, 11) is 0. The number of nitrogens with zero attached hydrogens (tertiary/aromatic N) is 5. The van der Waals surface area contributed by atoms with Crippen LogP contribution in [0.3, 0.4) is 0 Å². The Morgan fingerprint density at radius 2 is 1.79 bits per heavy atom. The van der Waals surface area contributed by atoms with E-state index in [0.29, 0.717) is 11.0 Å². The van der Waals surface area contributed by atoms with Crippen LogP contribution in [0.5, 0.6) is 0 Å². The molecule has 1 saturated heterocycles. The van der Waals surface area contributed by atoms with Crippen LogP contribution in [0.25, 0.3) is 11.6 Å². The minimum atomic E-state index is 0.574. The molecule has 166 valence electrons. The molecule has 1 aromatic heterocycles. The van der Waals surface area contributed by atoms with Crippen LogP contribution >= 0.6 is 11.6 Å². The number of nitrogens with one attached hydrogen (secondary N) is 2. The fourth-order valence-corrected chi connectivity index (χ4v) is 4.79. The van der Waals surface area contributed by atoms with Crippen molar-refractivity contribution in [3.05, 3.63) is 70.9 Å². The Morgan fingerprint density at radius 3 is 2.61 bits per heavy atom. The second kappa shape index (κ2) is 8.50. The van der Waals surface area contributed by atoms with Crippen molar-refractivity contribution in [1.29, 1.82) is 0 Å². The summed E-state index contributed by atoms with van der Waals surface area (Å²) in [4.78, 5) is 18.7. The van der Waals surface area contributed by atoms with E-state index in [1.807, 2.05) is 30.5 Å². The number of aromatic nitrogens is 2. The summed E-state index contributed by atoms with van der Waals surface area (Å²) < 4.78 is 0. The average molecular weight is 458 g/mol. The molecule has 0 bridgehead atoms. The van der Waals surface area contributed by atoms with E-state index in [-0.39, 0.29) is 0 Å². The van der Waals surface area contributed by atoms with Crippen molar-refractivity contribution in [1.82, 2.24) is 15.3 Å². The van der Waals surface area contributed by atoms with Gasteiger partial charge in [-0.15, -0.1) is 0 Å². The number of hydrogen-bond acceptors (Lipinski definition) is 7. The molecule has 3 aliphatic rings. The molecule has 4 heterocycles. The monoisotopic (exact) mass is 457 g/mol. The molecule has 0 saturated carbocycles. The lowest BCUT2D eigenvalue weighted by Gasteiger charge is -2.29. The molecule has 6 rings (SSSR count). The summed E-state index contributed by atoms with van der Waals surface area (Å²) in [6, 6.07) is 16.3. The quantitative estimate of drug-likeness (QED) is 0.616. The zero-order valence-electron chi connectivity index (χ0n) is 18.1. The van der Waals surface area contributed by atoms with Gasteiger partial charge in [-0.2, -0.15) is 4.98 Å². The first-order valence-corrected chi connectivity index (χ1v) is 11.6. The topological polar surface area (TPSA) is 68.7 Å². The first kappa shape index (κ1) is 20.2. The van der Waals surface area contributed by atoms with E-state index in [0.717, 1.165) is 73.3 Å². The number of fused-ring (bicyclic) bond motifs is 3. The number of hydrogen-bond donors (Lipinski definition) is 2. The zero-order valence-corrected chi connectivity index (χ0v) is 18.9. The minimum Gasteiger partial charge on any atom is -0.369 e. The van der Waals surface area contributed by atoms with E-state index in [2.05, 4.69) is 55.8 Å². The third-order valence-electron chi connectivity index (χ3n) is 6.20. The third-order valence-corrected chi connectivity index (χ3v) is 6.53. The molecular weight excluding hydrogens is 434 g/mol. The smallest absolute Gasteiger partial charge is 0.229 e. The predicted molar refractivity (Wildman–Crippen MR) is 136 cm³/mol. The molecule has 3 aliphatic heterocycles. The molecule has 0 spiro atoms. The normalized spacial score (nSPS) is 17.2. The highest BCUT2D eigenvalue weighted by atomic mass is 35.5. The maximum absolute atomic E-state index is 6.49. The van der Waals surface area contributed by atoms with Crippen LogP contribution in [0, 0.1) is 0 Å². The zero-order chi connectivity index (χ0) is 22.2. The van der Waals surface area contributed by atoms with Gasteiger partial charge in [0.2, 0.25) is 5.95 Å². The molecule has 2 N–H and O–H groups in total. The van der Waals surface area contributed by atoms with Gasteiger partial charge >= 0.3 is 0 Å². The summed E-state index contributed by atoms with van der Waals surface area (Å²) >= 11 is 6.49. The molecule has 0 aliphatic carbocycles. The van der Waals surface area contributed by atoms with Crippen LogP contribution in [0.4, 0.5) is 23.1 Å². The molecule has 0 radical (unpaired) electrons. The number of anilines is 4. The van der Waals surface area contributed by atoms with Gasteiger partial charge in [-0.3, -0.25) is 4.99 Å². The lowest BCUT2D eigenvalue weighted by molar-refractivity contribution is 0.589. The molecular formula is C25H24ClN7. The molecule has 0 unspecified atom stereocenters. The fraction of sp³-hybridized carbons (Fsp3) is 0.240. The number of halogens is 1. The van der Waals surface area contributed by atoms with Crippen molar-refractivity contribution in [2.24, 2.45) is 4.99 Å². The average Bonchev–Trinajstić information content (AvgIpc) is 3.36. The number of amidine groups is 1. The predicted octanol–water partition coefficient (Wildman–Crippen LogP) is 4.06. The molecule has 0 amide bonds. The molecule has 3 aromatic rings. The van der Waals surface area contributed by atoms with Gasteiger partial charge < -0.3 is 20.4 Å². The molecule has 2 aromatic carbocycles. The van der Waals surface area contributed by atoms with Gasteiger partial charge in [-0.05, 0) is 36.4 Å². The standard InChI is InChI=1S/C25H24ClN7/c26-22-4-2-1-3-20(22)21-15-17-16-29-25(31-23(17)33-14-11-28-24(21)33)30-18-5-7-19(8-6-18)32-12-9-27-10-13-32/h1-8,15-16,27H,9-14H2,(H,29,30,31). The highest BCUT2D eigenvalue weighted by Crippen LogP contribution is 2.37. The van der Waals surface area contributed by atoms with Gasteiger partial charge in [-0.25, -0.2) is 4.98 Å². The van der Waals surface area contributed by atoms with E-state index < -0.39 is 0 Å². The molecule has 0 atom stereocenters. The van der Waals surface area contributed by atoms with Gasteiger partial charge in [0.05, 0.1) is 6.54 Å². The molecule has 33 heavy (non-hydrogen) atoms. The van der Waals surface area contributed by atoms with E-state index in [4.69, 9.17) is 21.6 Å². The number of benzene rings is 2. The lowest BCUT2D eigenvalue weighted by Crippen LogP contribution is -2.43. The van der Waals surface area contributed by atoms with E-state index in [1.165, 1.54) is 5.69 Å². The van der Waals surface area contributed by atoms with Gasteiger partial charge in [0.25, 0.3) is 0 Å². The highest BCUT2D eigenvalue weighted by molar-refractivity contribution is 6.40. The summed E-state index contributed by atoms with van der Waals surface area (Å²) in [5.41, 5.74) is 5.15. The maximum Gasteiger partial charge on any atom is 0.229 e. The van der Waals surface area contributed by atoms with Gasteiger partial charge in [-0.1, -0.05) is 29.8 Å². The SMILES string of the molecule is Clc1ccccc1C1=Cc2cnc(Nc3ccc(N4CCNCC4)cc3)nc2N2CCN=C12. The largest absolute Gasteiger partial charge is 0.369 e. The van der Waals surface area contributed by atoms with Crippen molar-refractivity contribution >= 4 is 52.2 Å². The number of aliphatic imine (C=N–C) groups is 1. The van der Waals surface area contributed by atoms with E-state index >= 15 is 0 Å². The second-order valence-corrected chi connectivity index (χ2v) is 8.68. The van der Waals surface area contributed by atoms with Crippen LogP contribution in [0.15, 0.2) is 59.7 Å². The van der Waals surface area contributed by atoms with Crippen molar-refractivity contribution in [3.8, 4) is 0 Å². The number of rotatable bonds is 4. The Kier molecular flexibility index (Phi) is 5.20. The van der Waals surface area contributed by atoms with Crippen molar-refractivity contribution < 1.29 is 0 Å². The molecule has 7 nitrogen and oxygen atoms in total. The first-order chi connectivity index (χ1) is 16.3. The van der Waals surface area contributed by atoms with Crippen LogP contribution in [-0.2, 0) is 0 Å². The molecule has 1 fully saturated rings. The van der Waals surface area contributed by atoms with Crippen LogP contribution < -0.4 is 20.4 Å². The Bertz CT molecular complexity index is 1250. The first-order valence-electron chi connectivity index (χ1n) is 11.2. The summed E-state index contributed by atoms with van der Waals surface area (Å²) in [5, 5.41) is 7.46. The number of piperazine rings is 1.